The molecule has 1 saturated heterocycles. The van der Waals surface area contributed by atoms with E-state index in [0.717, 1.165) is 12.8 Å². The molecule has 1 aromatic rings. The average Bonchev–Trinajstić information content (AvgIpc) is 2.62. The summed E-state index contributed by atoms with van der Waals surface area (Å²) in [6.07, 6.45) is 11.2. The number of hydrogen-bond acceptors (Lipinski definition) is 4. The van der Waals surface area contributed by atoms with Gasteiger partial charge in [-0.3, -0.25) is 0 Å². The minimum absolute atomic E-state index is 0.412. The Labute approximate surface area is 122 Å². The second kappa shape index (κ2) is 4.67. The normalized spacial score (nSPS) is 25.6. The SMILES string of the molecule is S=C1CCCc2c(sc3c2=CN2CCCCC2N=3)C1. The molecule has 0 saturated carbocycles. The summed E-state index contributed by atoms with van der Waals surface area (Å²) in [5, 5.41) is 1.42. The van der Waals surface area contributed by atoms with Crippen LogP contribution in [0.2, 0.25) is 0 Å². The van der Waals surface area contributed by atoms with Gasteiger partial charge >= 0.3 is 0 Å². The van der Waals surface area contributed by atoms with Gasteiger partial charge in [-0.2, -0.15) is 0 Å². The summed E-state index contributed by atoms with van der Waals surface area (Å²) in [7, 11) is 0. The zero-order chi connectivity index (χ0) is 12.8. The minimum atomic E-state index is 0.412. The average molecular weight is 290 g/mol. The highest BCUT2D eigenvalue weighted by Gasteiger charge is 2.24. The Balaban J connectivity index is 1.86. The van der Waals surface area contributed by atoms with E-state index in [1.165, 1.54) is 58.3 Å². The molecule has 3 aliphatic rings. The smallest absolute Gasteiger partial charge is 0.122 e. The van der Waals surface area contributed by atoms with Crippen LogP contribution in [0, 0.1) is 0 Å². The highest BCUT2D eigenvalue weighted by atomic mass is 32.1. The summed E-state index contributed by atoms with van der Waals surface area (Å²) in [5.41, 5.74) is 1.55. The molecule has 4 heteroatoms. The molecule has 19 heavy (non-hydrogen) atoms. The summed E-state index contributed by atoms with van der Waals surface area (Å²) in [6.45, 7) is 1.18. The van der Waals surface area contributed by atoms with Crippen molar-refractivity contribution in [2.75, 3.05) is 6.54 Å². The van der Waals surface area contributed by atoms with Crippen LogP contribution in [0.3, 0.4) is 0 Å². The van der Waals surface area contributed by atoms with Gasteiger partial charge in [0, 0.05) is 29.3 Å². The van der Waals surface area contributed by atoms with Crippen molar-refractivity contribution in [3.05, 3.63) is 20.3 Å². The van der Waals surface area contributed by atoms with Crippen molar-refractivity contribution in [2.24, 2.45) is 4.99 Å². The zero-order valence-electron chi connectivity index (χ0n) is 11.0. The molecule has 0 amide bonds. The Hall–Kier alpha value is -0.740. The molecule has 0 aromatic carbocycles. The number of thiophene rings is 1. The van der Waals surface area contributed by atoms with Crippen molar-refractivity contribution in [1.82, 2.24) is 4.90 Å². The third-order valence-corrected chi connectivity index (χ3v) is 5.93. The maximum Gasteiger partial charge on any atom is 0.122 e. The quantitative estimate of drug-likeness (QED) is 0.538. The lowest BCUT2D eigenvalue weighted by Gasteiger charge is -2.33. The van der Waals surface area contributed by atoms with Crippen molar-refractivity contribution in [3.8, 4) is 0 Å². The molecule has 1 aromatic heterocycles. The van der Waals surface area contributed by atoms with Crippen LogP contribution in [-0.4, -0.2) is 22.5 Å². The highest BCUT2D eigenvalue weighted by Crippen LogP contribution is 2.23. The summed E-state index contributed by atoms with van der Waals surface area (Å²) in [5.74, 6) is 0. The molecule has 1 aliphatic carbocycles. The van der Waals surface area contributed by atoms with Crippen LogP contribution in [0.4, 0.5) is 0 Å². The first-order valence-corrected chi connectivity index (χ1v) is 8.51. The number of thiocarbonyl (C=S) groups is 1. The fraction of sp³-hybridized carbons (Fsp3) is 0.600. The highest BCUT2D eigenvalue weighted by molar-refractivity contribution is 7.80. The van der Waals surface area contributed by atoms with E-state index in [-0.39, 0.29) is 0 Å². The van der Waals surface area contributed by atoms with E-state index in [1.54, 1.807) is 5.56 Å². The number of rotatable bonds is 0. The zero-order valence-corrected chi connectivity index (χ0v) is 12.7. The number of piperidine rings is 1. The third-order valence-electron chi connectivity index (χ3n) is 4.42. The van der Waals surface area contributed by atoms with Gasteiger partial charge in [0.15, 0.2) is 0 Å². The van der Waals surface area contributed by atoms with Gasteiger partial charge < -0.3 is 4.90 Å². The van der Waals surface area contributed by atoms with Gasteiger partial charge in [-0.05, 0) is 49.0 Å². The Bertz CT molecular complexity index is 644. The van der Waals surface area contributed by atoms with E-state index in [9.17, 15) is 0 Å². The van der Waals surface area contributed by atoms with Gasteiger partial charge in [-0.1, -0.05) is 12.2 Å². The van der Waals surface area contributed by atoms with Gasteiger partial charge in [0.25, 0.3) is 0 Å². The molecular formula is C15H18N2S2. The van der Waals surface area contributed by atoms with Crippen LogP contribution in [0.1, 0.15) is 42.5 Å². The molecule has 1 unspecified atom stereocenters. The van der Waals surface area contributed by atoms with Crippen molar-refractivity contribution < 1.29 is 0 Å². The van der Waals surface area contributed by atoms with Crippen molar-refractivity contribution in [2.45, 2.75) is 51.1 Å². The molecule has 2 aliphatic heterocycles. The van der Waals surface area contributed by atoms with Crippen LogP contribution in [0.25, 0.3) is 6.20 Å². The first-order chi connectivity index (χ1) is 9.31. The van der Waals surface area contributed by atoms with Crippen LogP contribution in [0.15, 0.2) is 4.99 Å². The second-order valence-corrected chi connectivity index (χ2v) is 7.43. The maximum absolute atomic E-state index is 5.47. The Morgan fingerprint density at radius 3 is 3.16 bits per heavy atom. The standard InChI is InChI=1S/C15H18N2S2/c18-10-4-3-5-11-12-9-17-7-2-1-6-14(17)16-15(12)19-13(11)8-10/h9,14H,1-8H2. The van der Waals surface area contributed by atoms with E-state index in [1.807, 2.05) is 11.3 Å². The van der Waals surface area contributed by atoms with Gasteiger partial charge in [0.05, 0.1) is 0 Å². The number of fused-ring (bicyclic) bond motifs is 4. The Kier molecular flexibility index (Phi) is 2.96. The van der Waals surface area contributed by atoms with Crippen LogP contribution < -0.4 is 9.89 Å². The molecule has 0 radical (unpaired) electrons. The van der Waals surface area contributed by atoms with Crippen LogP contribution in [0.5, 0.6) is 0 Å². The molecular weight excluding hydrogens is 272 g/mol. The molecule has 0 bridgehead atoms. The topological polar surface area (TPSA) is 15.6 Å². The molecule has 0 spiro atoms. The maximum atomic E-state index is 5.47. The van der Waals surface area contributed by atoms with Crippen molar-refractivity contribution in [3.63, 3.8) is 0 Å². The molecule has 1 atom stereocenters. The van der Waals surface area contributed by atoms with E-state index in [0.29, 0.717) is 6.17 Å². The van der Waals surface area contributed by atoms with Crippen molar-refractivity contribution in [1.29, 1.82) is 0 Å². The molecule has 0 N–H and O–H groups in total. The summed E-state index contributed by atoms with van der Waals surface area (Å²) in [4.78, 5) is 10.2. The van der Waals surface area contributed by atoms with E-state index >= 15 is 0 Å². The largest absolute Gasteiger partial charge is 0.355 e. The lowest BCUT2D eigenvalue weighted by atomic mass is 10.1. The summed E-state index contributed by atoms with van der Waals surface area (Å²) >= 11 is 7.37. The van der Waals surface area contributed by atoms with E-state index < -0.39 is 0 Å². The fourth-order valence-electron chi connectivity index (χ4n) is 3.41. The van der Waals surface area contributed by atoms with Crippen LogP contribution in [-0.2, 0) is 12.8 Å². The first kappa shape index (κ1) is 12.0. The fourth-order valence-corrected chi connectivity index (χ4v) is 5.07. The predicted molar refractivity (Wildman–Crippen MR) is 83.2 cm³/mol. The van der Waals surface area contributed by atoms with E-state index in [2.05, 4.69) is 11.1 Å². The molecule has 4 rings (SSSR count). The molecule has 2 nitrogen and oxygen atoms in total. The Morgan fingerprint density at radius 1 is 1.26 bits per heavy atom. The van der Waals surface area contributed by atoms with Gasteiger partial charge in [0.1, 0.15) is 10.8 Å². The molecule has 1 fully saturated rings. The lowest BCUT2D eigenvalue weighted by molar-refractivity contribution is 0.235. The lowest BCUT2D eigenvalue weighted by Crippen LogP contribution is -2.43. The minimum Gasteiger partial charge on any atom is -0.355 e. The molecule has 3 heterocycles. The first-order valence-electron chi connectivity index (χ1n) is 7.29. The Morgan fingerprint density at radius 2 is 2.21 bits per heavy atom. The summed E-state index contributed by atoms with van der Waals surface area (Å²) < 4.78 is 1.28. The van der Waals surface area contributed by atoms with Gasteiger partial charge in [-0.15, -0.1) is 11.3 Å². The number of nitrogens with zero attached hydrogens (tertiary/aromatic N) is 2. The second-order valence-electron chi connectivity index (χ2n) is 5.76. The van der Waals surface area contributed by atoms with Gasteiger partial charge in [0.2, 0.25) is 0 Å². The monoisotopic (exact) mass is 290 g/mol. The third kappa shape index (κ3) is 2.05. The van der Waals surface area contributed by atoms with E-state index in [4.69, 9.17) is 17.2 Å². The summed E-state index contributed by atoms with van der Waals surface area (Å²) in [6, 6.07) is 0. The van der Waals surface area contributed by atoms with Crippen LogP contribution >= 0.6 is 23.6 Å². The molecule has 100 valence electrons. The van der Waals surface area contributed by atoms with Crippen molar-refractivity contribution >= 4 is 34.6 Å². The predicted octanol–water partition coefficient (Wildman–Crippen LogP) is 2.18. The van der Waals surface area contributed by atoms with Gasteiger partial charge in [-0.25, -0.2) is 4.99 Å². The number of hydrogen-bond donors (Lipinski definition) is 0.